The lowest BCUT2D eigenvalue weighted by Crippen LogP contribution is -2.45. The molecule has 0 amide bonds. The van der Waals surface area contributed by atoms with Crippen molar-refractivity contribution in [1.29, 1.82) is 0 Å². The number of hydrogen-bond acceptors (Lipinski definition) is 5. The Labute approximate surface area is 90.3 Å². The molecular weight excluding hydrogens is 220 g/mol. The van der Waals surface area contributed by atoms with Gasteiger partial charge in [0.15, 0.2) is 0 Å². The number of nitrogens with one attached hydrogen (secondary N) is 1. The van der Waals surface area contributed by atoms with Crippen LogP contribution in [-0.4, -0.2) is 69.6 Å². The van der Waals surface area contributed by atoms with Gasteiger partial charge < -0.3 is 15.2 Å². The van der Waals surface area contributed by atoms with Gasteiger partial charge >= 0.3 is 0 Å². The largest absolute Gasteiger partial charge is 0.390 e. The Kier molecular flexibility index (Phi) is 4.47. The molecule has 7 heteroatoms. The molecule has 1 saturated heterocycles. The maximum atomic E-state index is 11.7. The topological polar surface area (TPSA) is 78.9 Å². The van der Waals surface area contributed by atoms with E-state index in [1.54, 1.807) is 0 Å². The molecule has 1 aliphatic heterocycles. The molecule has 0 radical (unpaired) electrons. The number of hydrogen-bond donors (Lipinski definition) is 2. The van der Waals surface area contributed by atoms with Gasteiger partial charge in [0.05, 0.1) is 24.5 Å². The first-order valence-corrected chi connectivity index (χ1v) is 6.43. The summed E-state index contributed by atoms with van der Waals surface area (Å²) in [6, 6.07) is -0.369. The molecule has 0 aromatic carbocycles. The highest BCUT2D eigenvalue weighted by Crippen LogP contribution is 2.12. The number of aliphatic hydroxyl groups is 1. The van der Waals surface area contributed by atoms with Crippen LogP contribution in [-0.2, 0) is 14.8 Å². The summed E-state index contributed by atoms with van der Waals surface area (Å²) < 4.78 is 29.4. The van der Waals surface area contributed by atoms with Crippen LogP contribution in [0.2, 0.25) is 0 Å². The van der Waals surface area contributed by atoms with E-state index in [9.17, 15) is 13.5 Å². The molecule has 90 valence electrons. The lowest BCUT2D eigenvalue weighted by atomic mass is 10.2. The number of rotatable bonds is 5. The van der Waals surface area contributed by atoms with Crippen molar-refractivity contribution in [3.8, 4) is 0 Å². The highest BCUT2D eigenvalue weighted by Gasteiger charge is 2.34. The summed E-state index contributed by atoms with van der Waals surface area (Å²) in [5.74, 6) is -0.0524. The first-order chi connectivity index (χ1) is 6.99. The van der Waals surface area contributed by atoms with Crippen molar-refractivity contribution < 1.29 is 18.3 Å². The zero-order chi connectivity index (χ0) is 11.5. The molecule has 1 rings (SSSR count). The van der Waals surface area contributed by atoms with Crippen LogP contribution >= 0.6 is 0 Å². The molecule has 0 unspecified atom stereocenters. The molecule has 0 bridgehead atoms. The van der Waals surface area contributed by atoms with Crippen molar-refractivity contribution in [3.63, 3.8) is 0 Å². The van der Waals surface area contributed by atoms with Gasteiger partial charge in [-0.25, -0.2) is 8.42 Å². The Bertz CT molecular complexity index is 293. The first-order valence-electron chi connectivity index (χ1n) is 4.82. The highest BCUT2D eigenvalue weighted by atomic mass is 32.2. The van der Waals surface area contributed by atoms with Gasteiger partial charge in [-0.2, -0.15) is 4.31 Å². The van der Waals surface area contributed by atoms with E-state index in [0.29, 0.717) is 13.1 Å². The Morgan fingerprint density at radius 3 is 2.67 bits per heavy atom. The third kappa shape index (κ3) is 3.12. The number of likely N-dealkylation sites (N-methyl/N-ethyl adjacent to an activating group) is 1. The number of β-amino-alcohol motifs (C(OH)–C–C–N with tert-alkyl or cyclic N) is 1. The fraction of sp³-hybridized carbons (Fsp3) is 1.00. The molecule has 6 nitrogen and oxygen atoms in total. The predicted molar refractivity (Wildman–Crippen MR) is 56.1 cm³/mol. The van der Waals surface area contributed by atoms with Gasteiger partial charge in [-0.3, -0.25) is 0 Å². The van der Waals surface area contributed by atoms with Crippen LogP contribution in [0, 0.1) is 0 Å². The van der Waals surface area contributed by atoms with Gasteiger partial charge in [-0.05, 0) is 0 Å². The first kappa shape index (κ1) is 12.9. The second kappa shape index (κ2) is 5.22. The summed E-state index contributed by atoms with van der Waals surface area (Å²) >= 11 is 0. The number of methoxy groups -OCH3 is 1. The summed E-state index contributed by atoms with van der Waals surface area (Å²) in [5.41, 5.74) is 0. The highest BCUT2D eigenvalue weighted by molar-refractivity contribution is 7.89. The lowest BCUT2D eigenvalue weighted by molar-refractivity contribution is 0.135. The van der Waals surface area contributed by atoms with E-state index in [1.165, 1.54) is 18.5 Å². The minimum absolute atomic E-state index is 0.0524. The Balaban J connectivity index is 2.62. The fourth-order valence-electron chi connectivity index (χ4n) is 1.56. The third-order valence-corrected chi connectivity index (χ3v) is 4.43. The van der Waals surface area contributed by atoms with Crippen molar-refractivity contribution in [2.45, 2.75) is 12.1 Å². The molecule has 0 aromatic heterocycles. The average molecular weight is 238 g/mol. The minimum Gasteiger partial charge on any atom is -0.390 e. The lowest BCUT2D eigenvalue weighted by Gasteiger charge is -2.25. The van der Waals surface area contributed by atoms with E-state index in [1.807, 2.05) is 0 Å². The van der Waals surface area contributed by atoms with E-state index in [2.05, 4.69) is 5.32 Å². The zero-order valence-electron chi connectivity index (χ0n) is 9.01. The predicted octanol–water partition coefficient (Wildman–Crippen LogP) is -1.77. The Morgan fingerprint density at radius 1 is 1.53 bits per heavy atom. The standard InChI is InChI=1S/C8H18N2O4S/c1-10(7-5-9-6-8(7)11)15(12,13)4-3-14-2/h7-9,11H,3-6H2,1-2H3/t7-,8-/m0/s1. The van der Waals surface area contributed by atoms with Crippen LogP contribution in [0.15, 0.2) is 0 Å². The minimum atomic E-state index is -3.33. The van der Waals surface area contributed by atoms with Crippen molar-refractivity contribution in [2.24, 2.45) is 0 Å². The summed E-state index contributed by atoms with van der Waals surface area (Å²) in [6.45, 7) is 1.10. The fourth-order valence-corrected chi connectivity index (χ4v) is 2.85. The molecule has 0 aliphatic carbocycles. The van der Waals surface area contributed by atoms with E-state index in [0.717, 1.165) is 0 Å². The molecule has 0 saturated carbocycles. The normalized spacial score (nSPS) is 27.5. The number of ether oxygens (including phenoxy) is 1. The molecule has 1 aliphatic rings. The number of nitrogens with zero attached hydrogens (tertiary/aromatic N) is 1. The zero-order valence-corrected chi connectivity index (χ0v) is 9.83. The van der Waals surface area contributed by atoms with E-state index >= 15 is 0 Å². The maximum absolute atomic E-state index is 11.7. The van der Waals surface area contributed by atoms with Crippen molar-refractivity contribution in [1.82, 2.24) is 9.62 Å². The molecular formula is C8H18N2O4S. The molecule has 1 fully saturated rings. The summed E-state index contributed by atoms with van der Waals surface area (Å²) in [7, 11) is -0.379. The van der Waals surface area contributed by atoms with Crippen molar-refractivity contribution in [2.75, 3.05) is 39.6 Å². The Morgan fingerprint density at radius 2 is 2.20 bits per heavy atom. The van der Waals surface area contributed by atoms with Gasteiger partial charge in [0.25, 0.3) is 0 Å². The van der Waals surface area contributed by atoms with Gasteiger partial charge in [0.2, 0.25) is 10.0 Å². The van der Waals surface area contributed by atoms with Crippen LogP contribution in [0.25, 0.3) is 0 Å². The van der Waals surface area contributed by atoms with E-state index in [-0.39, 0.29) is 18.4 Å². The summed E-state index contributed by atoms with van der Waals surface area (Å²) in [6.07, 6.45) is -0.632. The molecule has 1 heterocycles. The smallest absolute Gasteiger partial charge is 0.216 e. The van der Waals surface area contributed by atoms with Gasteiger partial charge in [0.1, 0.15) is 0 Å². The van der Waals surface area contributed by atoms with Crippen molar-refractivity contribution in [3.05, 3.63) is 0 Å². The summed E-state index contributed by atoms with van der Waals surface area (Å²) in [5, 5.41) is 12.5. The molecule has 15 heavy (non-hydrogen) atoms. The van der Waals surface area contributed by atoms with Crippen LogP contribution in [0.4, 0.5) is 0 Å². The summed E-state index contributed by atoms with van der Waals surface area (Å²) in [4.78, 5) is 0. The quantitative estimate of drug-likeness (QED) is 0.592. The van der Waals surface area contributed by atoms with Crippen LogP contribution in [0.1, 0.15) is 0 Å². The van der Waals surface area contributed by atoms with Crippen LogP contribution in [0.5, 0.6) is 0 Å². The maximum Gasteiger partial charge on any atom is 0.216 e. The molecule has 2 atom stereocenters. The van der Waals surface area contributed by atoms with Crippen LogP contribution < -0.4 is 5.32 Å². The van der Waals surface area contributed by atoms with Gasteiger partial charge in [-0.15, -0.1) is 0 Å². The monoisotopic (exact) mass is 238 g/mol. The van der Waals surface area contributed by atoms with E-state index in [4.69, 9.17) is 4.74 Å². The second-order valence-corrected chi connectivity index (χ2v) is 5.77. The third-order valence-electron chi connectivity index (χ3n) is 2.60. The second-order valence-electron chi connectivity index (χ2n) is 3.62. The van der Waals surface area contributed by atoms with Gasteiger partial charge in [0, 0.05) is 27.2 Å². The molecule has 2 N–H and O–H groups in total. The SMILES string of the molecule is COCCS(=O)(=O)N(C)[C@H]1CNC[C@@H]1O. The molecule has 0 aromatic rings. The van der Waals surface area contributed by atoms with Crippen molar-refractivity contribution >= 4 is 10.0 Å². The number of sulfonamides is 1. The Hall–Kier alpha value is -0.210. The van der Waals surface area contributed by atoms with Crippen LogP contribution in [0.3, 0.4) is 0 Å². The average Bonchev–Trinajstić information content (AvgIpc) is 2.60. The van der Waals surface area contributed by atoms with Gasteiger partial charge in [-0.1, -0.05) is 0 Å². The van der Waals surface area contributed by atoms with E-state index < -0.39 is 16.1 Å². The number of aliphatic hydroxyl groups excluding tert-OH is 1. The molecule has 0 spiro atoms.